The molecule has 0 fully saturated rings. The molecule has 0 radical (unpaired) electrons. The maximum absolute atomic E-state index is 12.0. The van der Waals surface area contributed by atoms with E-state index in [9.17, 15) is 9.59 Å². The van der Waals surface area contributed by atoms with Gasteiger partial charge in [-0.05, 0) is 61.2 Å². The van der Waals surface area contributed by atoms with E-state index in [0.717, 1.165) is 13.0 Å². The van der Waals surface area contributed by atoms with Gasteiger partial charge in [0, 0.05) is 0 Å². The first-order valence-electron chi connectivity index (χ1n) is 6.71. The van der Waals surface area contributed by atoms with E-state index >= 15 is 0 Å². The van der Waals surface area contributed by atoms with E-state index in [1.165, 1.54) is 0 Å². The Morgan fingerprint density at radius 3 is 2.16 bits per heavy atom. The molecule has 0 aliphatic heterocycles. The fourth-order valence-corrected chi connectivity index (χ4v) is 1.56. The van der Waals surface area contributed by atoms with Gasteiger partial charge in [-0.2, -0.15) is 0 Å². The van der Waals surface area contributed by atoms with Gasteiger partial charge < -0.3 is 14.4 Å². The van der Waals surface area contributed by atoms with Crippen LogP contribution in [0.3, 0.4) is 0 Å². The van der Waals surface area contributed by atoms with Gasteiger partial charge in [-0.25, -0.2) is 0 Å². The van der Waals surface area contributed by atoms with Crippen molar-refractivity contribution in [3.05, 3.63) is 0 Å². The zero-order valence-electron chi connectivity index (χ0n) is 13.0. The SMILES string of the molecule is CCOC(=O)C(CCCN(C)C)C(=O)OC(C)(C)C. The number of carbonyl (C=O) groups excluding carboxylic acids is 2. The van der Waals surface area contributed by atoms with Crippen LogP contribution in [0.2, 0.25) is 0 Å². The Morgan fingerprint density at radius 1 is 1.16 bits per heavy atom. The van der Waals surface area contributed by atoms with E-state index in [4.69, 9.17) is 9.47 Å². The largest absolute Gasteiger partial charge is 0.465 e. The average molecular weight is 273 g/mol. The molecule has 0 saturated heterocycles. The van der Waals surface area contributed by atoms with Crippen LogP contribution in [-0.2, 0) is 19.1 Å². The van der Waals surface area contributed by atoms with Crippen molar-refractivity contribution in [3.8, 4) is 0 Å². The van der Waals surface area contributed by atoms with E-state index in [1.807, 2.05) is 19.0 Å². The summed E-state index contributed by atoms with van der Waals surface area (Å²) < 4.78 is 10.2. The summed E-state index contributed by atoms with van der Waals surface area (Å²) in [6.45, 7) is 8.17. The summed E-state index contributed by atoms with van der Waals surface area (Å²) >= 11 is 0. The van der Waals surface area contributed by atoms with Gasteiger partial charge in [-0.1, -0.05) is 0 Å². The van der Waals surface area contributed by atoms with Crippen molar-refractivity contribution in [2.45, 2.75) is 46.1 Å². The third kappa shape index (κ3) is 8.59. The van der Waals surface area contributed by atoms with E-state index in [0.29, 0.717) is 6.42 Å². The van der Waals surface area contributed by atoms with Crippen molar-refractivity contribution in [1.82, 2.24) is 4.90 Å². The zero-order valence-corrected chi connectivity index (χ0v) is 13.0. The average Bonchev–Trinajstić information content (AvgIpc) is 2.21. The molecule has 0 aromatic heterocycles. The standard InChI is InChI=1S/C14H27NO4/c1-7-18-12(16)11(9-8-10-15(5)6)13(17)19-14(2,3)4/h11H,7-10H2,1-6H3. The molecule has 0 saturated carbocycles. The molecule has 0 aromatic rings. The van der Waals surface area contributed by atoms with E-state index in [1.54, 1.807) is 27.7 Å². The van der Waals surface area contributed by atoms with Gasteiger partial charge in [0.15, 0.2) is 5.92 Å². The molecule has 0 N–H and O–H groups in total. The second-order valence-electron chi connectivity index (χ2n) is 5.78. The Labute approximate surface area is 116 Å². The maximum atomic E-state index is 12.0. The lowest BCUT2D eigenvalue weighted by Gasteiger charge is -2.23. The maximum Gasteiger partial charge on any atom is 0.320 e. The second kappa shape index (κ2) is 8.15. The van der Waals surface area contributed by atoms with Crippen molar-refractivity contribution >= 4 is 11.9 Å². The van der Waals surface area contributed by atoms with Gasteiger partial charge in [0.1, 0.15) is 5.60 Å². The minimum Gasteiger partial charge on any atom is -0.465 e. The molecule has 0 aromatic carbocycles. The molecule has 5 heteroatoms. The lowest BCUT2D eigenvalue weighted by molar-refractivity contribution is -0.169. The number of rotatable bonds is 7. The first-order valence-corrected chi connectivity index (χ1v) is 6.71. The van der Waals surface area contributed by atoms with Crippen LogP contribution in [0.4, 0.5) is 0 Å². The number of carbonyl (C=O) groups is 2. The molecular formula is C14H27NO4. The number of hydrogen-bond acceptors (Lipinski definition) is 5. The Hall–Kier alpha value is -1.10. The lowest BCUT2D eigenvalue weighted by atomic mass is 10.0. The summed E-state index contributed by atoms with van der Waals surface area (Å²) in [5.74, 6) is -1.81. The first kappa shape index (κ1) is 17.9. The highest BCUT2D eigenvalue weighted by atomic mass is 16.6. The highest BCUT2D eigenvalue weighted by molar-refractivity contribution is 5.95. The van der Waals surface area contributed by atoms with Crippen LogP contribution in [-0.4, -0.2) is 49.7 Å². The summed E-state index contributed by atoms with van der Waals surface area (Å²) in [5, 5.41) is 0. The highest BCUT2D eigenvalue weighted by Gasteiger charge is 2.31. The van der Waals surface area contributed by atoms with Crippen LogP contribution in [0.1, 0.15) is 40.5 Å². The van der Waals surface area contributed by atoms with Gasteiger partial charge in [0.25, 0.3) is 0 Å². The summed E-state index contributed by atoms with van der Waals surface area (Å²) in [6.07, 6.45) is 1.20. The van der Waals surface area contributed by atoms with Crippen LogP contribution in [0.5, 0.6) is 0 Å². The summed E-state index contributed by atoms with van der Waals surface area (Å²) in [5.41, 5.74) is -0.594. The molecule has 0 aliphatic carbocycles. The monoisotopic (exact) mass is 273 g/mol. The van der Waals surface area contributed by atoms with Crippen LogP contribution in [0.25, 0.3) is 0 Å². The Morgan fingerprint density at radius 2 is 1.74 bits per heavy atom. The van der Waals surface area contributed by atoms with Crippen LogP contribution in [0, 0.1) is 5.92 Å². The lowest BCUT2D eigenvalue weighted by Crippen LogP contribution is -2.34. The summed E-state index contributed by atoms with van der Waals surface area (Å²) in [6, 6.07) is 0. The third-order valence-corrected chi connectivity index (χ3v) is 2.36. The van der Waals surface area contributed by atoms with E-state index in [-0.39, 0.29) is 6.61 Å². The van der Waals surface area contributed by atoms with Gasteiger partial charge in [-0.3, -0.25) is 9.59 Å². The van der Waals surface area contributed by atoms with Crippen molar-refractivity contribution in [3.63, 3.8) is 0 Å². The number of hydrogen-bond donors (Lipinski definition) is 0. The highest BCUT2D eigenvalue weighted by Crippen LogP contribution is 2.17. The Balaban J connectivity index is 4.57. The predicted molar refractivity (Wildman–Crippen MR) is 73.8 cm³/mol. The second-order valence-corrected chi connectivity index (χ2v) is 5.78. The number of ether oxygens (including phenoxy) is 2. The van der Waals surface area contributed by atoms with Crippen LogP contribution in [0.15, 0.2) is 0 Å². The molecule has 0 rings (SSSR count). The molecule has 19 heavy (non-hydrogen) atoms. The summed E-state index contributed by atoms with van der Waals surface area (Å²) in [7, 11) is 3.90. The van der Waals surface area contributed by atoms with Crippen molar-refractivity contribution in [1.29, 1.82) is 0 Å². The van der Waals surface area contributed by atoms with Gasteiger partial charge >= 0.3 is 11.9 Å². The topological polar surface area (TPSA) is 55.8 Å². The Kier molecular flexibility index (Phi) is 7.68. The molecule has 112 valence electrons. The van der Waals surface area contributed by atoms with Crippen LogP contribution >= 0.6 is 0 Å². The predicted octanol–water partition coefficient (Wildman–Crippen LogP) is 1.85. The molecule has 1 atom stereocenters. The van der Waals surface area contributed by atoms with Crippen LogP contribution < -0.4 is 0 Å². The van der Waals surface area contributed by atoms with E-state index in [2.05, 4.69) is 0 Å². The molecular weight excluding hydrogens is 246 g/mol. The zero-order chi connectivity index (χ0) is 15.1. The minimum absolute atomic E-state index is 0.270. The van der Waals surface area contributed by atoms with Gasteiger partial charge in [0.2, 0.25) is 0 Å². The van der Waals surface area contributed by atoms with E-state index < -0.39 is 23.5 Å². The van der Waals surface area contributed by atoms with Crippen molar-refractivity contribution in [2.75, 3.05) is 27.2 Å². The fraction of sp³-hybridized carbons (Fsp3) is 0.857. The smallest absolute Gasteiger partial charge is 0.320 e. The molecule has 0 spiro atoms. The molecule has 1 unspecified atom stereocenters. The third-order valence-electron chi connectivity index (χ3n) is 2.36. The molecule has 0 aliphatic rings. The van der Waals surface area contributed by atoms with Crippen molar-refractivity contribution in [2.24, 2.45) is 5.92 Å². The first-order chi connectivity index (χ1) is 8.67. The number of esters is 2. The summed E-state index contributed by atoms with van der Waals surface area (Å²) in [4.78, 5) is 25.8. The van der Waals surface area contributed by atoms with Gasteiger partial charge in [0.05, 0.1) is 6.61 Å². The number of nitrogens with zero attached hydrogens (tertiary/aromatic N) is 1. The molecule has 0 heterocycles. The molecule has 0 amide bonds. The van der Waals surface area contributed by atoms with Gasteiger partial charge in [-0.15, -0.1) is 0 Å². The normalized spacial score (nSPS) is 13.2. The Bertz CT molecular complexity index is 294. The molecule has 5 nitrogen and oxygen atoms in total. The molecule has 0 bridgehead atoms. The van der Waals surface area contributed by atoms with Crippen molar-refractivity contribution < 1.29 is 19.1 Å². The minimum atomic E-state index is -0.820. The fourth-order valence-electron chi connectivity index (χ4n) is 1.56. The quantitative estimate of drug-likeness (QED) is 0.523.